The van der Waals surface area contributed by atoms with Crippen molar-refractivity contribution in [1.82, 2.24) is 0 Å². The van der Waals surface area contributed by atoms with Gasteiger partial charge in [-0.25, -0.2) is 0 Å². The summed E-state index contributed by atoms with van der Waals surface area (Å²) in [5.74, 6) is -2.86. The number of esters is 4. The molecular weight excluding hydrogens is 420 g/mol. The number of aryl methyl sites for hydroxylation is 1. The second kappa shape index (κ2) is 9.90. The quantitative estimate of drug-likeness (QED) is 0.500. The van der Waals surface area contributed by atoms with Gasteiger partial charge in [0.05, 0.1) is 0 Å². The van der Waals surface area contributed by atoms with Gasteiger partial charge in [-0.15, -0.1) is 0 Å². The molecular formula is C20H23ClO9. The molecule has 1 fully saturated rings. The van der Waals surface area contributed by atoms with Crippen LogP contribution in [0.25, 0.3) is 0 Å². The molecule has 0 saturated carbocycles. The van der Waals surface area contributed by atoms with E-state index in [2.05, 4.69) is 0 Å². The minimum absolute atomic E-state index is 0.424. The molecule has 2 rings (SSSR count). The summed E-state index contributed by atoms with van der Waals surface area (Å²) in [6, 6.07) is 5.01. The van der Waals surface area contributed by atoms with Crippen LogP contribution >= 0.6 is 11.6 Å². The summed E-state index contributed by atoms with van der Waals surface area (Å²) in [6.45, 7) is 6.39. The Morgan fingerprint density at radius 1 is 0.800 bits per heavy atom. The third-order valence-electron chi connectivity index (χ3n) is 4.21. The van der Waals surface area contributed by atoms with E-state index in [4.69, 9.17) is 35.3 Å². The molecule has 0 unspecified atom stereocenters. The van der Waals surface area contributed by atoms with Gasteiger partial charge in [-0.05, 0) is 24.1 Å². The van der Waals surface area contributed by atoms with Crippen LogP contribution in [0.1, 0.15) is 44.9 Å². The average molecular weight is 443 g/mol. The number of benzene rings is 1. The molecule has 9 nitrogen and oxygen atoms in total. The molecule has 0 radical (unpaired) electrons. The van der Waals surface area contributed by atoms with Crippen molar-refractivity contribution < 1.29 is 42.9 Å². The number of rotatable bonds is 5. The van der Waals surface area contributed by atoms with Gasteiger partial charge in [-0.2, -0.15) is 0 Å². The summed E-state index contributed by atoms with van der Waals surface area (Å²) in [5.41, 5.74) is 1.28. The van der Waals surface area contributed by atoms with E-state index in [9.17, 15) is 19.2 Å². The molecule has 0 spiro atoms. The molecule has 1 saturated heterocycles. The minimum atomic E-state index is -1.42. The van der Waals surface area contributed by atoms with Crippen LogP contribution in [-0.4, -0.2) is 48.5 Å². The molecule has 10 heteroatoms. The first kappa shape index (κ1) is 23.6. The van der Waals surface area contributed by atoms with Crippen LogP contribution in [0.5, 0.6) is 0 Å². The number of carbonyl (C=O) groups excluding carboxylic acids is 4. The van der Waals surface area contributed by atoms with Crippen molar-refractivity contribution in [3.05, 3.63) is 34.3 Å². The Balaban J connectivity index is 2.58. The summed E-state index contributed by atoms with van der Waals surface area (Å²) < 4.78 is 27.0. The summed E-state index contributed by atoms with van der Waals surface area (Å²) in [4.78, 5) is 46.8. The molecule has 5 atom stereocenters. The Morgan fingerprint density at radius 2 is 1.30 bits per heavy atom. The molecule has 30 heavy (non-hydrogen) atoms. The van der Waals surface area contributed by atoms with Gasteiger partial charge in [0, 0.05) is 32.7 Å². The Hall–Kier alpha value is -2.65. The zero-order chi connectivity index (χ0) is 22.6. The first-order chi connectivity index (χ1) is 14.0. The lowest BCUT2D eigenvalue weighted by Gasteiger charge is -2.44. The van der Waals surface area contributed by atoms with Crippen LogP contribution in [0.4, 0.5) is 0 Å². The third-order valence-corrected chi connectivity index (χ3v) is 4.61. The van der Waals surface area contributed by atoms with Gasteiger partial charge in [0.15, 0.2) is 12.2 Å². The lowest BCUT2D eigenvalue weighted by molar-refractivity contribution is -0.298. The maximum absolute atomic E-state index is 11.8. The second-order valence-corrected chi connectivity index (χ2v) is 7.17. The molecule has 1 heterocycles. The highest BCUT2D eigenvalue weighted by molar-refractivity contribution is 6.31. The van der Waals surface area contributed by atoms with E-state index < -0.39 is 54.6 Å². The summed E-state index contributed by atoms with van der Waals surface area (Å²) in [6.07, 6.45) is -6.34. The van der Waals surface area contributed by atoms with E-state index in [1.807, 2.05) is 0 Å². The Kier molecular flexibility index (Phi) is 7.80. The average Bonchev–Trinajstić information content (AvgIpc) is 2.60. The SMILES string of the molecule is CC(=O)O[C@H]1O[C@@H](c2ccc(C)c(Cl)c2)[C@H](OC(C)=O)[C@@H](OC(C)=O)[C@@H]1OC(C)=O. The van der Waals surface area contributed by atoms with Gasteiger partial charge in [-0.3, -0.25) is 19.2 Å². The van der Waals surface area contributed by atoms with Crippen LogP contribution in [0.3, 0.4) is 0 Å². The molecule has 164 valence electrons. The number of hydrogen-bond acceptors (Lipinski definition) is 9. The maximum Gasteiger partial charge on any atom is 0.305 e. The first-order valence-electron chi connectivity index (χ1n) is 9.10. The summed E-state index contributed by atoms with van der Waals surface area (Å²) >= 11 is 6.22. The zero-order valence-electron chi connectivity index (χ0n) is 17.2. The standard InChI is InChI=1S/C20H23ClO9/c1-9-6-7-14(8-15(9)21)16-17(26-10(2)22)18(27-11(3)23)19(28-12(4)24)20(30-16)29-13(5)25/h6-8,16-20H,1-5H3/t16-,17-,18+,19-,20-/m0/s1. The Labute approximate surface area is 178 Å². The van der Waals surface area contributed by atoms with E-state index in [0.29, 0.717) is 10.6 Å². The molecule has 0 bridgehead atoms. The van der Waals surface area contributed by atoms with Crippen molar-refractivity contribution in [3.63, 3.8) is 0 Å². The Morgan fingerprint density at radius 3 is 1.80 bits per heavy atom. The van der Waals surface area contributed by atoms with Crippen molar-refractivity contribution in [2.24, 2.45) is 0 Å². The van der Waals surface area contributed by atoms with E-state index in [-0.39, 0.29) is 0 Å². The van der Waals surface area contributed by atoms with E-state index in [1.165, 1.54) is 6.92 Å². The van der Waals surface area contributed by atoms with Gasteiger partial charge in [0.1, 0.15) is 6.10 Å². The molecule has 0 N–H and O–H groups in total. The van der Waals surface area contributed by atoms with Crippen LogP contribution in [0, 0.1) is 6.92 Å². The first-order valence-corrected chi connectivity index (χ1v) is 9.47. The molecule has 0 aliphatic carbocycles. The van der Waals surface area contributed by atoms with Gasteiger partial charge >= 0.3 is 23.9 Å². The fraction of sp³-hybridized carbons (Fsp3) is 0.500. The molecule has 1 aliphatic rings. The minimum Gasteiger partial charge on any atom is -0.455 e. The van der Waals surface area contributed by atoms with Crippen molar-refractivity contribution >= 4 is 35.5 Å². The number of hydrogen-bond donors (Lipinski definition) is 0. The van der Waals surface area contributed by atoms with E-state index in [1.54, 1.807) is 25.1 Å². The fourth-order valence-corrected chi connectivity index (χ4v) is 3.28. The van der Waals surface area contributed by atoms with E-state index in [0.717, 1.165) is 26.3 Å². The summed E-state index contributed by atoms with van der Waals surface area (Å²) in [5, 5.41) is 0.424. The number of ether oxygens (including phenoxy) is 5. The lowest BCUT2D eigenvalue weighted by atomic mass is 9.92. The van der Waals surface area contributed by atoms with Crippen molar-refractivity contribution in [2.75, 3.05) is 0 Å². The number of halogens is 1. The lowest BCUT2D eigenvalue weighted by Crippen LogP contribution is -2.59. The topological polar surface area (TPSA) is 114 Å². The van der Waals surface area contributed by atoms with Crippen molar-refractivity contribution in [2.45, 2.75) is 65.3 Å². The highest BCUT2D eigenvalue weighted by Gasteiger charge is 2.53. The monoisotopic (exact) mass is 442 g/mol. The second-order valence-electron chi connectivity index (χ2n) is 6.77. The van der Waals surface area contributed by atoms with Gasteiger partial charge in [0.2, 0.25) is 12.4 Å². The predicted molar refractivity (Wildman–Crippen MR) is 102 cm³/mol. The summed E-state index contributed by atoms with van der Waals surface area (Å²) in [7, 11) is 0. The molecule has 1 aliphatic heterocycles. The van der Waals surface area contributed by atoms with Crippen LogP contribution in [0.15, 0.2) is 18.2 Å². The van der Waals surface area contributed by atoms with Gasteiger partial charge in [0.25, 0.3) is 0 Å². The zero-order valence-corrected chi connectivity index (χ0v) is 17.9. The molecule has 0 aromatic heterocycles. The Bertz CT molecular complexity index is 838. The predicted octanol–water partition coefficient (Wildman–Crippen LogP) is 2.40. The number of carbonyl (C=O) groups is 4. The van der Waals surface area contributed by atoms with Gasteiger partial charge < -0.3 is 23.7 Å². The van der Waals surface area contributed by atoms with Crippen LogP contribution in [0.2, 0.25) is 5.02 Å². The third kappa shape index (κ3) is 5.93. The van der Waals surface area contributed by atoms with Gasteiger partial charge in [-0.1, -0.05) is 23.7 Å². The van der Waals surface area contributed by atoms with E-state index >= 15 is 0 Å². The fourth-order valence-electron chi connectivity index (χ4n) is 3.09. The molecule has 1 aromatic rings. The molecule has 0 amide bonds. The smallest absolute Gasteiger partial charge is 0.305 e. The van der Waals surface area contributed by atoms with Crippen LogP contribution in [-0.2, 0) is 42.9 Å². The normalized spacial score (nSPS) is 25.7. The van der Waals surface area contributed by atoms with Crippen molar-refractivity contribution in [1.29, 1.82) is 0 Å². The van der Waals surface area contributed by atoms with Crippen molar-refractivity contribution in [3.8, 4) is 0 Å². The van der Waals surface area contributed by atoms with Crippen LogP contribution < -0.4 is 0 Å². The highest BCUT2D eigenvalue weighted by Crippen LogP contribution is 2.38. The highest BCUT2D eigenvalue weighted by atomic mass is 35.5. The largest absolute Gasteiger partial charge is 0.455 e. The maximum atomic E-state index is 11.8. The molecule has 1 aromatic carbocycles.